The molecule has 0 saturated carbocycles. The fraction of sp³-hybridized carbons (Fsp3) is 0.250. The number of imidazole rings is 1. The maximum Gasteiger partial charge on any atom is 0.0946 e. The van der Waals surface area contributed by atoms with Gasteiger partial charge in [-0.3, -0.25) is 0 Å². The zero-order chi connectivity index (χ0) is 18.5. The molecule has 0 saturated heterocycles. The molecule has 1 N–H and O–H groups in total. The molecular formula is C20H21Cl2N3S. The summed E-state index contributed by atoms with van der Waals surface area (Å²) >= 11 is 14.3. The molecule has 0 fully saturated rings. The molecule has 1 unspecified atom stereocenters. The Balaban J connectivity index is 1.83. The molecule has 3 nitrogen and oxygen atoms in total. The molecule has 0 radical (unpaired) electrons. The number of anilines is 1. The van der Waals surface area contributed by atoms with E-state index in [1.807, 2.05) is 24.7 Å². The van der Waals surface area contributed by atoms with Crippen LogP contribution in [0, 0.1) is 0 Å². The summed E-state index contributed by atoms with van der Waals surface area (Å²) in [6, 6.07) is 14.6. The quantitative estimate of drug-likeness (QED) is 0.452. The lowest BCUT2D eigenvalue weighted by Gasteiger charge is -2.19. The van der Waals surface area contributed by atoms with Crippen LogP contribution < -0.4 is 5.32 Å². The Morgan fingerprint density at radius 3 is 2.50 bits per heavy atom. The Kier molecular flexibility index (Phi) is 6.52. The average molecular weight is 406 g/mol. The highest BCUT2D eigenvalue weighted by molar-refractivity contribution is 7.99. The van der Waals surface area contributed by atoms with Gasteiger partial charge in [-0.25, -0.2) is 4.98 Å². The molecule has 6 heteroatoms. The van der Waals surface area contributed by atoms with Gasteiger partial charge >= 0.3 is 0 Å². The predicted octanol–water partition coefficient (Wildman–Crippen LogP) is 6.54. The van der Waals surface area contributed by atoms with Crippen LogP contribution in [0.3, 0.4) is 0 Å². The van der Waals surface area contributed by atoms with Gasteiger partial charge in [0.2, 0.25) is 0 Å². The molecule has 1 aromatic heterocycles. The van der Waals surface area contributed by atoms with Gasteiger partial charge < -0.3 is 9.88 Å². The van der Waals surface area contributed by atoms with E-state index in [1.54, 1.807) is 24.0 Å². The second-order valence-electron chi connectivity index (χ2n) is 6.36. The van der Waals surface area contributed by atoms with E-state index in [-0.39, 0.29) is 5.25 Å². The summed E-state index contributed by atoms with van der Waals surface area (Å²) < 4.78 is 2.07. The lowest BCUT2D eigenvalue weighted by atomic mass is 10.1. The van der Waals surface area contributed by atoms with Gasteiger partial charge in [0, 0.05) is 45.6 Å². The minimum atomic E-state index is 0.151. The molecule has 0 aliphatic carbocycles. The van der Waals surface area contributed by atoms with Gasteiger partial charge in [-0.1, -0.05) is 29.3 Å². The second kappa shape index (κ2) is 8.85. The molecule has 1 heterocycles. The molecular weight excluding hydrogens is 385 g/mol. The van der Waals surface area contributed by atoms with E-state index in [1.165, 1.54) is 4.90 Å². The van der Waals surface area contributed by atoms with Crippen molar-refractivity contribution in [2.75, 3.05) is 5.32 Å². The Morgan fingerprint density at radius 1 is 1.12 bits per heavy atom. The summed E-state index contributed by atoms with van der Waals surface area (Å²) in [5, 5.41) is 4.90. The predicted molar refractivity (Wildman–Crippen MR) is 112 cm³/mol. The summed E-state index contributed by atoms with van der Waals surface area (Å²) in [5.41, 5.74) is 2.19. The van der Waals surface area contributed by atoms with E-state index in [9.17, 15) is 0 Å². The summed E-state index contributed by atoms with van der Waals surface area (Å²) in [6.45, 7) is 5.04. The maximum atomic E-state index is 6.48. The standard InChI is InChI=1S/C20H21Cl2N3S/c1-14(2)24-16-4-6-17(7-5-16)26-20(12-25-10-9-23-13-25)18-8-3-15(21)11-19(18)22/h3-11,13-14,20,24H,12H2,1-2H3. The lowest BCUT2D eigenvalue weighted by Crippen LogP contribution is -2.09. The van der Waals surface area contributed by atoms with E-state index in [0.29, 0.717) is 16.1 Å². The first-order chi connectivity index (χ1) is 12.5. The number of halogens is 2. The summed E-state index contributed by atoms with van der Waals surface area (Å²) in [5.74, 6) is 0. The molecule has 26 heavy (non-hydrogen) atoms. The van der Waals surface area contributed by atoms with Crippen molar-refractivity contribution in [1.29, 1.82) is 0 Å². The van der Waals surface area contributed by atoms with Crippen molar-refractivity contribution in [3.8, 4) is 0 Å². The van der Waals surface area contributed by atoms with Crippen LogP contribution in [0.4, 0.5) is 5.69 Å². The summed E-state index contributed by atoms with van der Waals surface area (Å²) in [6.07, 6.45) is 5.58. The molecule has 0 bridgehead atoms. The van der Waals surface area contributed by atoms with Crippen LogP contribution in [-0.4, -0.2) is 15.6 Å². The zero-order valence-electron chi connectivity index (χ0n) is 14.7. The first kappa shape index (κ1) is 19.2. The summed E-state index contributed by atoms with van der Waals surface area (Å²) in [7, 11) is 0. The third-order valence-electron chi connectivity index (χ3n) is 3.83. The first-order valence-corrected chi connectivity index (χ1v) is 10.1. The average Bonchev–Trinajstić information content (AvgIpc) is 3.09. The Labute approximate surface area is 168 Å². The smallest absolute Gasteiger partial charge is 0.0946 e. The SMILES string of the molecule is CC(C)Nc1ccc(SC(Cn2ccnc2)c2ccc(Cl)cc2Cl)cc1. The number of aromatic nitrogens is 2. The number of nitrogens with zero attached hydrogens (tertiary/aromatic N) is 2. The number of benzene rings is 2. The molecule has 3 rings (SSSR count). The van der Waals surface area contributed by atoms with Crippen LogP contribution in [0.2, 0.25) is 10.0 Å². The molecule has 0 aliphatic heterocycles. The van der Waals surface area contributed by atoms with Gasteiger partial charge in [-0.05, 0) is 55.8 Å². The fourth-order valence-electron chi connectivity index (χ4n) is 2.68. The second-order valence-corrected chi connectivity index (χ2v) is 8.47. The van der Waals surface area contributed by atoms with Crippen LogP contribution in [-0.2, 0) is 6.54 Å². The van der Waals surface area contributed by atoms with Crippen molar-refractivity contribution >= 4 is 40.7 Å². The van der Waals surface area contributed by atoms with Crippen LogP contribution >= 0.6 is 35.0 Å². The van der Waals surface area contributed by atoms with Gasteiger partial charge in [0.25, 0.3) is 0 Å². The summed E-state index contributed by atoms with van der Waals surface area (Å²) in [4.78, 5) is 5.33. The third kappa shape index (κ3) is 5.19. The monoisotopic (exact) mass is 405 g/mol. The molecule has 0 aliphatic rings. The molecule has 1 atom stereocenters. The van der Waals surface area contributed by atoms with Gasteiger partial charge in [-0.15, -0.1) is 11.8 Å². The van der Waals surface area contributed by atoms with Crippen LogP contribution in [0.15, 0.2) is 66.1 Å². The maximum absolute atomic E-state index is 6.48. The topological polar surface area (TPSA) is 29.9 Å². The van der Waals surface area contributed by atoms with Crippen molar-refractivity contribution in [2.24, 2.45) is 0 Å². The van der Waals surface area contributed by atoms with Crippen LogP contribution in [0.25, 0.3) is 0 Å². The van der Waals surface area contributed by atoms with Crippen molar-refractivity contribution in [1.82, 2.24) is 9.55 Å². The number of hydrogen-bond acceptors (Lipinski definition) is 3. The normalized spacial score (nSPS) is 12.3. The largest absolute Gasteiger partial charge is 0.383 e. The molecule has 0 amide bonds. The van der Waals surface area contributed by atoms with Crippen molar-refractivity contribution in [2.45, 2.75) is 36.6 Å². The molecule has 0 spiro atoms. The number of hydrogen-bond donors (Lipinski definition) is 1. The minimum Gasteiger partial charge on any atom is -0.383 e. The number of rotatable bonds is 7. The minimum absolute atomic E-state index is 0.151. The van der Waals surface area contributed by atoms with Gasteiger partial charge in [0.15, 0.2) is 0 Å². The van der Waals surface area contributed by atoms with Crippen LogP contribution in [0.1, 0.15) is 24.7 Å². The van der Waals surface area contributed by atoms with Gasteiger partial charge in [0.05, 0.1) is 11.6 Å². The van der Waals surface area contributed by atoms with Crippen LogP contribution in [0.5, 0.6) is 0 Å². The number of thioether (sulfide) groups is 1. The molecule has 136 valence electrons. The Bertz CT molecular complexity index is 833. The van der Waals surface area contributed by atoms with Gasteiger partial charge in [-0.2, -0.15) is 0 Å². The first-order valence-electron chi connectivity index (χ1n) is 8.45. The Hall–Kier alpha value is -1.62. The van der Waals surface area contributed by atoms with Crippen molar-refractivity contribution in [3.05, 3.63) is 76.8 Å². The van der Waals surface area contributed by atoms with Crippen molar-refractivity contribution < 1.29 is 0 Å². The van der Waals surface area contributed by atoms with E-state index >= 15 is 0 Å². The zero-order valence-corrected chi connectivity index (χ0v) is 17.0. The third-order valence-corrected chi connectivity index (χ3v) is 5.63. The number of nitrogens with one attached hydrogen (secondary N) is 1. The highest BCUT2D eigenvalue weighted by Crippen LogP contribution is 2.40. The van der Waals surface area contributed by atoms with E-state index < -0.39 is 0 Å². The van der Waals surface area contributed by atoms with Crippen molar-refractivity contribution in [3.63, 3.8) is 0 Å². The van der Waals surface area contributed by atoms with E-state index in [0.717, 1.165) is 17.8 Å². The molecule has 3 aromatic rings. The lowest BCUT2D eigenvalue weighted by molar-refractivity contribution is 0.683. The highest BCUT2D eigenvalue weighted by Gasteiger charge is 2.17. The highest BCUT2D eigenvalue weighted by atomic mass is 35.5. The van der Waals surface area contributed by atoms with Gasteiger partial charge in [0.1, 0.15) is 0 Å². The van der Waals surface area contributed by atoms with E-state index in [4.69, 9.17) is 23.2 Å². The fourth-order valence-corrected chi connectivity index (χ4v) is 4.48. The molecule has 2 aromatic carbocycles. The Morgan fingerprint density at radius 2 is 1.88 bits per heavy atom. The van der Waals surface area contributed by atoms with E-state index in [2.05, 4.69) is 53.0 Å².